The lowest BCUT2D eigenvalue weighted by molar-refractivity contribution is 0.569. The van der Waals surface area contributed by atoms with E-state index in [0.717, 1.165) is 13.1 Å². The van der Waals surface area contributed by atoms with E-state index in [2.05, 4.69) is 72.9 Å². The molecule has 0 saturated carbocycles. The van der Waals surface area contributed by atoms with E-state index >= 15 is 0 Å². The molecule has 2 aromatic carbocycles. The predicted molar refractivity (Wildman–Crippen MR) is 91.7 cm³/mol. The van der Waals surface area contributed by atoms with E-state index in [-0.39, 0.29) is 0 Å². The van der Waals surface area contributed by atoms with Gasteiger partial charge in [-0.1, -0.05) is 67.6 Å². The summed E-state index contributed by atoms with van der Waals surface area (Å²) in [5.41, 5.74) is 2.90. The first-order valence-electron chi connectivity index (χ1n) is 8.16. The number of aryl methyl sites for hydroxylation is 1. The van der Waals surface area contributed by atoms with Crippen molar-refractivity contribution in [3.05, 3.63) is 71.8 Å². The summed E-state index contributed by atoms with van der Waals surface area (Å²) in [5, 5.41) is 3.56. The van der Waals surface area contributed by atoms with Gasteiger partial charge in [0.25, 0.3) is 0 Å². The van der Waals surface area contributed by atoms with Crippen LogP contribution in [-0.4, -0.2) is 13.1 Å². The van der Waals surface area contributed by atoms with Gasteiger partial charge in [0.05, 0.1) is 0 Å². The molecule has 2 aromatic rings. The first-order chi connectivity index (χ1) is 10.4. The minimum Gasteiger partial charge on any atom is -0.317 e. The van der Waals surface area contributed by atoms with Crippen LogP contribution in [0.3, 0.4) is 0 Å². The van der Waals surface area contributed by atoms with Crippen LogP contribution in [0.5, 0.6) is 0 Å². The summed E-state index contributed by atoms with van der Waals surface area (Å²) in [4.78, 5) is 0. The predicted octanol–water partition coefficient (Wildman–Crippen LogP) is 4.79. The largest absolute Gasteiger partial charge is 0.317 e. The molecule has 1 N–H and O–H groups in total. The second-order valence-electron chi connectivity index (χ2n) is 5.79. The minimum absolute atomic E-state index is 0.664. The fourth-order valence-electron chi connectivity index (χ4n) is 2.67. The fourth-order valence-corrected chi connectivity index (χ4v) is 2.67. The summed E-state index contributed by atoms with van der Waals surface area (Å²) >= 11 is 0. The molecule has 0 radical (unpaired) electrons. The number of rotatable bonds is 9. The number of hydrogen-bond donors (Lipinski definition) is 1. The number of benzene rings is 2. The summed E-state index contributed by atoms with van der Waals surface area (Å²) in [6, 6.07) is 21.6. The Labute approximate surface area is 129 Å². The van der Waals surface area contributed by atoms with Gasteiger partial charge in [-0.05, 0) is 55.8 Å². The van der Waals surface area contributed by atoms with Gasteiger partial charge < -0.3 is 5.32 Å². The second kappa shape index (κ2) is 9.36. The van der Waals surface area contributed by atoms with Crippen LogP contribution in [0.25, 0.3) is 0 Å². The molecule has 0 bridgehead atoms. The molecule has 0 aromatic heterocycles. The van der Waals surface area contributed by atoms with Crippen molar-refractivity contribution in [2.45, 2.75) is 38.5 Å². The van der Waals surface area contributed by atoms with Crippen molar-refractivity contribution in [3.8, 4) is 0 Å². The molecule has 0 aliphatic rings. The lowest BCUT2D eigenvalue weighted by atomic mass is 9.96. The second-order valence-corrected chi connectivity index (χ2v) is 5.79. The zero-order chi connectivity index (χ0) is 14.8. The summed E-state index contributed by atoms with van der Waals surface area (Å²) in [5.74, 6) is 0.664. The molecule has 0 spiro atoms. The van der Waals surface area contributed by atoms with Crippen molar-refractivity contribution in [2.24, 2.45) is 0 Å². The molecule has 1 heteroatoms. The number of nitrogens with one attached hydrogen (secondary N) is 1. The van der Waals surface area contributed by atoms with Crippen LogP contribution < -0.4 is 5.32 Å². The quantitative estimate of drug-likeness (QED) is 0.651. The Balaban J connectivity index is 1.50. The van der Waals surface area contributed by atoms with Gasteiger partial charge >= 0.3 is 0 Å². The zero-order valence-electron chi connectivity index (χ0n) is 13.1. The standard InChI is InChI=1S/C20H27N/c1-18(20-14-6-3-7-15-20)10-8-16-21-17-9-13-19-11-4-2-5-12-19/h2-7,11-12,14-15,18,21H,8-10,13,16-17H2,1H3. The van der Waals surface area contributed by atoms with Crippen LogP contribution in [0, 0.1) is 0 Å². The highest BCUT2D eigenvalue weighted by Crippen LogP contribution is 2.19. The van der Waals surface area contributed by atoms with Crippen molar-refractivity contribution in [2.75, 3.05) is 13.1 Å². The minimum atomic E-state index is 0.664. The van der Waals surface area contributed by atoms with Crippen LogP contribution in [0.15, 0.2) is 60.7 Å². The normalized spacial score (nSPS) is 12.2. The van der Waals surface area contributed by atoms with Crippen molar-refractivity contribution < 1.29 is 0 Å². The monoisotopic (exact) mass is 281 g/mol. The molecule has 0 saturated heterocycles. The molecule has 21 heavy (non-hydrogen) atoms. The topological polar surface area (TPSA) is 12.0 Å². The Hall–Kier alpha value is -1.60. The third kappa shape index (κ3) is 6.14. The maximum Gasteiger partial charge on any atom is -0.00457 e. The van der Waals surface area contributed by atoms with E-state index in [0.29, 0.717) is 5.92 Å². The average Bonchev–Trinajstić information content (AvgIpc) is 2.55. The molecule has 0 amide bonds. The lowest BCUT2D eigenvalue weighted by Gasteiger charge is -2.12. The van der Waals surface area contributed by atoms with Gasteiger partial charge in [0, 0.05) is 0 Å². The highest BCUT2D eigenvalue weighted by Gasteiger charge is 2.03. The van der Waals surface area contributed by atoms with Gasteiger partial charge in [0.2, 0.25) is 0 Å². The molecule has 0 heterocycles. The first-order valence-corrected chi connectivity index (χ1v) is 8.16. The van der Waals surface area contributed by atoms with Gasteiger partial charge in [0.1, 0.15) is 0 Å². The van der Waals surface area contributed by atoms with E-state index in [1.165, 1.54) is 36.8 Å². The Morgan fingerprint density at radius 1 is 0.810 bits per heavy atom. The molecule has 2 rings (SSSR count). The number of hydrogen-bond acceptors (Lipinski definition) is 1. The molecule has 112 valence electrons. The SMILES string of the molecule is CC(CCCNCCCc1ccccc1)c1ccccc1. The van der Waals surface area contributed by atoms with Crippen molar-refractivity contribution in [1.82, 2.24) is 5.32 Å². The molecular weight excluding hydrogens is 254 g/mol. The lowest BCUT2D eigenvalue weighted by Crippen LogP contribution is -2.17. The maximum atomic E-state index is 3.56. The zero-order valence-corrected chi connectivity index (χ0v) is 13.1. The third-order valence-electron chi connectivity index (χ3n) is 4.02. The summed E-state index contributed by atoms with van der Waals surface area (Å²) in [6.45, 7) is 4.57. The van der Waals surface area contributed by atoms with Crippen molar-refractivity contribution in [3.63, 3.8) is 0 Å². The van der Waals surface area contributed by atoms with Crippen molar-refractivity contribution >= 4 is 0 Å². The van der Waals surface area contributed by atoms with Crippen LogP contribution in [-0.2, 0) is 6.42 Å². The molecule has 1 nitrogen and oxygen atoms in total. The highest BCUT2D eigenvalue weighted by molar-refractivity contribution is 5.18. The van der Waals surface area contributed by atoms with E-state index in [1.54, 1.807) is 0 Å². The van der Waals surface area contributed by atoms with E-state index in [9.17, 15) is 0 Å². The van der Waals surface area contributed by atoms with Crippen LogP contribution in [0.2, 0.25) is 0 Å². The Bertz CT molecular complexity index is 478. The van der Waals surface area contributed by atoms with E-state index < -0.39 is 0 Å². The van der Waals surface area contributed by atoms with Gasteiger partial charge in [-0.2, -0.15) is 0 Å². The highest BCUT2D eigenvalue weighted by atomic mass is 14.8. The molecule has 1 unspecified atom stereocenters. The van der Waals surface area contributed by atoms with Gasteiger partial charge in [-0.15, -0.1) is 0 Å². The maximum absolute atomic E-state index is 3.56. The Morgan fingerprint density at radius 2 is 1.43 bits per heavy atom. The average molecular weight is 281 g/mol. The Kier molecular flexibility index (Phi) is 7.03. The third-order valence-corrected chi connectivity index (χ3v) is 4.02. The summed E-state index contributed by atoms with van der Waals surface area (Å²) in [6.07, 6.45) is 4.91. The van der Waals surface area contributed by atoms with Crippen LogP contribution in [0.4, 0.5) is 0 Å². The van der Waals surface area contributed by atoms with E-state index in [1.807, 2.05) is 0 Å². The summed E-state index contributed by atoms with van der Waals surface area (Å²) in [7, 11) is 0. The van der Waals surface area contributed by atoms with Crippen LogP contribution >= 0.6 is 0 Å². The van der Waals surface area contributed by atoms with Gasteiger partial charge in [0.15, 0.2) is 0 Å². The van der Waals surface area contributed by atoms with Gasteiger partial charge in [-0.25, -0.2) is 0 Å². The molecule has 0 aliphatic heterocycles. The fraction of sp³-hybridized carbons (Fsp3) is 0.400. The summed E-state index contributed by atoms with van der Waals surface area (Å²) < 4.78 is 0. The van der Waals surface area contributed by atoms with E-state index in [4.69, 9.17) is 0 Å². The first kappa shape index (κ1) is 15.8. The molecule has 0 fully saturated rings. The smallest absolute Gasteiger partial charge is 0.00457 e. The molecule has 1 atom stereocenters. The van der Waals surface area contributed by atoms with Gasteiger partial charge in [-0.3, -0.25) is 0 Å². The van der Waals surface area contributed by atoms with Crippen molar-refractivity contribution in [1.29, 1.82) is 0 Å². The molecular formula is C20H27N. The Morgan fingerprint density at radius 3 is 2.14 bits per heavy atom. The molecule has 0 aliphatic carbocycles. The van der Waals surface area contributed by atoms with Crippen LogP contribution in [0.1, 0.15) is 43.2 Å².